The number of benzene rings is 1. The van der Waals surface area contributed by atoms with Crippen LogP contribution in [0.15, 0.2) is 28.8 Å². The van der Waals surface area contributed by atoms with E-state index in [4.69, 9.17) is 4.74 Å². The Balaban J connectivity index is 1.25. The molecule has 4 aliphatic heterocycles. The quantitative estimate of drug-likeness (QED) is 0.514. The first kappa shape index (κ1) is 22.2. The lowest BCUT2D eigenvalue weighted by Crippen LogP contribution is -2.62. The average molecular weight is 484 g/mol. The molecule has 34 heavy (non-hydrogen) atoms. The molecule has 0 aromatic heterocycles. The second kappa shape index (κ2) is 9.09. The Morgan fingerprint density at radius 3 is 2.79 bits per heavy atom. The van der Waals surface area contributed by atoms with Crippen molar-refractivity contribution in [2.75, 3.05) is 24.5 Å². The third kappa shape index (κ3) is 3.97. The molecule has 1 aliphatic carbocycles. The zero-order valence-corrected chi connectivity index (χ0v) is 20.4. The van der Waals surface area contributed by atoms with Gasteiger partial charge < -0.3 is 26.0 Å². The van der Waals surface area contributed by atoms with Crippen LogP contribution in [0.25, 0.3) is 0 Å². The van der Waals surface area contributed by atoms with E-state index in [1.807, 2.05) is 30.0 Å². The number of carbonyl (C=O) groups is 2. The summed E-state index contributed by atoms with van der Waals surface area (Å²) in [6.45, 7) is 4.66. The summed E-state index contributed by atoms with van der Waals surface area (Å²) in [4.78, 5) is 29.2. The van der Waals surface area contributed by atoms with E-state index in [9.17, 15) is 9.59 Å². The predicted molar refractivity (Wildman–Crippen MR) is 133 cm³/mol. The van der Waals surface area contributed by atoms with Crippen molar-refractivity contribution in [3.8, 4) is 5.75 Å². The minimum absolute atomic E-state index is 0.0150. The van der Waals surface area contributed by atoms with Crippen molar-refractivity contribution in [1.29, 1.82) is 0 Å². The Morgan fingerprint density at radius 1 is 1.18 bits per heavy atom. The smallest absolute Gasteiger partial charge is 0.326 e. The van der Waals surface area contributed by atoms with Crippen LogP contribution in [0.2, 0.25) is 0 Å². The number of ether oxygens (including phenoxy) is 1. The molecule has 3 saturated heterocycles. The fraction of sp³-hybridized carbons (Fsp3) is 0.600. The summed E-state index contributed by atoms with van der Waals surface area (Å²) in [5, 5.41) is 13.3. The molecule has 1 aromatic rings. The first-order valence-electron chi connectivity index (χ1n) is 12.6. The molecule has 5 aliphatic rings. The van der Waals surface area contributed by atoms with E-state index in [0.29, 0.717) is 11.0 Å². The summed E-state index contributed by atoms with van der Waals surface area (Å²) in [5.41, 5.74) is 2.74. The number of amides is 3. The zero-order chi connectivity index (χ0) is 23.2. The van der Waals surface area contributed by atoms with E-state index in [2.05, 4.69) is 21.3 Å². The molecule has 3 amide bonds. The van der Waals surface area contributed by atoms with E-state index < -0.39 is 0 Å². The Labute approximate surface area is 204 Å². The number of anilines is 1. The molecule has 6 rings (SSSR count). The van der Waals surface area contributed by atoms with Gasteiger partial charge in [0.15, 0.2) is 0 Å². The standard InChI is InChI=1S/C25H33N5O3S/c1-14-12-17(33-16-5-2-6-16)7-8-18(14)30-19-9-11-27-24-20(19)21(29-25(30)32)22(34-24)23(31)28-15-4-3-10-26-13-15/h7-8,12,15-16,19-20,24,26-27H,2-6,9-11,13H2,1H3,(H,28,31)(H,29,32). The van der Waals surface area contributed by atoms with Gasteiger partial charge in [-0.25, -0.2) is 4.79 Å². The van der Waals surface area contributed by atoms with E-state index in [0.717, 1.165) is 74.4 Å². The van der Waals surface area contributed by atoms with Crippen LogP contribution in [0, 0.1) is 12.8 Å². The lowest BCUT2D eigenvalue weighted by molar-refractivity contribution is -0.117. The van der Waals surface area contributed by atoms with Gasteiger partial charge >= 0.3 is 6.03 Å². The molecule has 0 radical (unpaired) electrons. The van der Waals surface area contributed by atoms with Crippen LogP contribution >= 0.6 is 11.8 Å². The summed E-state index contributed by atoms with van der Waals surface area (Å²) in [6.07, 6.45) is 6.69. The topological polar surface area (TPSA) is 94.7 Å². The molecule has 182 valence electrons. The third-order valence-corrected chi connectivity index (χ3v) is 9.12. The van der Waals surface area contributed by atoms with E-state index in [1.165, 1.54) is 6.42 Å². The predicted octanol–water partition coefficient (Wildman–Crippen LogP) is 2.59. The van der Waals surface area contributed by atoms with E-state index in [1.54, 1.807) is 11.8 Å². The number of rotatable bonds is 5. The zero-order valence-electron chi connectivity index (χ0n) is 19.6. The molecule has 4 heterocycles. The highest BCUT2D eigenvalue weighted by molar-refractivity contribution is 8.04. The molecule has 0 bridgehead atoms. The van der Waals surface area contributed by atoms with Crippen molar-refractivity contribution in [2.45, 2.75) is 69.0 Å². The fourth-order valence-corrected chi connectivity index (χ4v) is 7.18. The molecule has 1 aromatic carbocycles. The van der Waals surface area contributed by atoms with Gasteiger partial charge in [0.2, 0.25) is 0 Å². The van der Waals surface area contributed by atoms with Crippen LogP contribution in [0.5, 0.6) is 5.75 Å². The van der Waals surface area contributed by atoms with Crippen molar-refractivity contribution in [2.24, 2.45) is 5.92 Å². The largest absolute Gasteiger partial charge is 0.490 e. The van der Waals surface area contributed by atoms with Gasteiger partial charge in [0.05, 0.1) is 22.4 Å². The minimum atomic E-state index is -0.153. The number of piperidine rings is 2. The number of aryl methyl sites for hydroxylation is 1. The lowest BCUT2D eigenvalue weighted by atomic mass is 9.86. The van der Waals surface area contributed by atoms with Crippen LogP contribution in [0.4, 0.5) is 10.5 Å². The number of nitrogens with one attached hydrogen (secondary N) is 4. The van der Waals surface area contributed by atoms with Crippen LogP contribution in [0.3, 0.4) is 0 Å². The van der Waals surface area contributed by atoms with Gasteiger partial charge in [0.1, 0.15) is 5.75 Å². The number of thioether (sulfide) groups is 1. The van der Waals surface area contributed by atoms with E-state index >= 15 is 0 Å². The Bertz CT molecular complexity index is 1020. The van der Waals surface area contributed by atoms with Crippen LogP contribution in [-0.4, -0.2) is 55.1 Å². The van der Waals surface area contributed by atoms with Crippen molar-refractivity contribution < 1.29 is 14.3 Å². The number of urea groups is 1. The molecule has 4 atom stereocenters. The van der Waals surface area contributed by atoms with Crippen molar-refractivity contribution in [3.63, 3.8) is 0 Å². The third-order valence-electron chi connectivity index (χ3n) is 7.76. The minimum Gasteiger partial charge on any atom is -0.490 e. The second-order valence-corrected chi connectivity index (χ2v) is 11.2. The summed E-state index contributed by atoms with van der Waals surface area (Å²) < 4.78 is 6.07. The maximum Gasteiger partial charge on any atom is 0.326 e. The monoisotopic (exact) mass is 483 g/mol. The molecular formula is C25H33N5O3S. The van der Waals surface area contributed by atoms with Crippen molar-refractivity contribution in [1.82, 2.24) is 21.3 Å². The van der Waals surface area contributed by atoms with Gasteiger partial charge in [-0.05, 0) is 82.3 Å². The Hall–Kier alpha value is -2.23. The summed E-state index contributed by atoms with van der Waals surface area (Å²) in [6, 6.07) is 6.05. The molecule has 9 heteroatoms. The summed E-state index contributed by atoms with van der Waals surface area (Å²) in [7, 11) is 0. The fourth-order valence-electron chi connectivity index (χ4n) is 5.78. The highest BCUT2D eigenvalue weighted by Gasteiger charge is 2.52. The normalized spacial score (nSPS) is 31.0. The molecule has 4 unspecified atom stereocenters. The van der Waals surface area contributed by atoms with Gasteiger partial charge in [-0.3, -0.25) is 9.69 Å². The highest BCUT2D eigenvalue weighted by atomic mass is 32.2. The number of nitrogens with zero attached hydrogens (tertiary/aromatic N) is 1. The second-order valence-electron chi connectivity index (χ2n) is 10.1. The average Bonchev–Trinajstić information content (AvgIpc) is 3.18. The lowest BCUT2D eigenvalue weighted by Gasteiger charge is -2.46. The van der Waals surface area contributed by atoms with Crippen LogP contribution in [-0.2, 0) is 4.79 Å². The van der Waals surface area contributed by atoms with Crippen LogP contribution < -0.4 is 30.9 Å². The Morgan fingerprint density at radius 2 is 2.06 bits per heavy atom. The van der Waals surface area contributed by atoms with Crippen molar-refractivity contribution >= 4 is 29.4 Å². The first-order valence-corrected chi connectivity index (χ1v) is 13.5. The summed E-state index contributed by atoms with van der Waals surface area (Å²) >= 11 is 1.56. The van der Waals surface area contributed by atoms with Gasteiger partial charge in [0.25, 0.3) is 5.91 Å². The molecule has 4 N–H and O–H groups in total. The maximum absolute atomic E-state index is 13.4. The summed E-state index contributed by atoms with van der Waals surface area (Å²) in [5.74, 6) is 0.873. The molecule has 1 saturated carbocycles. The number of hydrogen-bond donors (Lipinski definition) is 4. The molecule has 4 fully saturated rings. The van der Waals surface area contributed by atoms with Crippen molar-refractivity contribution in [3.05, 3.63) is 34.4 Å². The maximum atomic E-state index is 13.4. The van der Waals surface area contributed by atoms with Gasteiger partial charge in [0, 0.05) is 29.9 Å². The number of hydrogen-bond acceptors (Lipinski definition) is 6. The molecular weight excluding hydrogens is 450 g/mol. The van der Waals surface area contributed by atoms with Gasteiger partial charge in [-0.2, -0.15) is 0 Å². The Kier molecular flexibility index (Phi) is 5.95. The van der Waals surface area contributed by atoms with Crippen LogP contribution in [0.1, 0.15) is 44.1 Å². The number of carbonyl (C=O) groups excluding carboxylic acids is 2. The van der Waals surface area contributed by atoms with E-state index in [-0.39, 0.29) is 35.3 Å². The molecule has 0 spiro atoms. The molecule has 8 nitrogen and oxygen atoms in total. The SMILES string of the molecule is Cc1cc(OC2CCC2)ccc1N1C(=O)NC2=C(C(=O)NC3CCCNC3)SC3NCCC1C23. The first-order chi connectivity index (χ1) is 16.6. The van der Waals surface area contributed by atoms with Gasteiger partial charge in [-0.15, -0.1) is 0 Å². The van der Waals surface area contributed by atoms with Gasteiger partial charge in [-0.1, -0.05) is 11.8 Å². The highest BCUT2D eigenvalue weighted by Crippen LogP contribution is 2.48.